The normalized spacial score (nSPS) is 37.0. The average Bonchev–Trinajstić information content (AvgIpc) is 3.46. The maximum Gasteiger partial charge on any atom is 0.222 e. The molecular formula is C19H32N2O4. The molecule has 0 unspecified atom stereocenters. The highest BCUT2D eigenvalue weighted by atomic mass is 16.5. The van der Waals surface area contributed by atoms with Gasteiger partial charge in [-0.05, 0) is 50.4 Å². The Balaban J connectivity index is 1.31. The van der Waals surface area contributed by atoms with Crippen molar-refractivity contribution in [3.8, 4) is 0 Å². The van der Waals surface area contributed by atoms with Crippen molar-refractivity contribution in [1.82, 2.24) is 10.2 Å². The first-order valence-corrected chi connectivity index (χ1v) is 10.1. The van der Waals surface area contributed by atoms with Crippen LogP contribution in [0, 0.1) is 11.8 Å². The molecule has 6 heteroatoms. The van der Waals surface area contributed by atoms with E-state index in [1.807, 2.05) is 0 Å². The number of hydrogen-bond donors (Lipinski definition) is 2. The van der Waals surface area contributed by atoms with Crippen LogP contribution in [0.4, 0.5) is 0 Å². The number of fused-ring (bicyclic) bond motifs is 1. The fourth-order valence-electron chi connectivity index (χ4n) is 4.15. The second kappa shape index (κ2) is 7.91. The predicted molar refractivity (Wildman–Crippen MR) is 93.2 cm³/mol. The van der Waals surface area contributed by atoms with Crippen molar-refractivity contribution in [2.24, 2.45) is 11.8 Å². The number of carbonyl (C=O) groups is 1. The number of rotatable bonds is 6. The largest absolute Gasteiger partial charge is 0.389 e. The zero-order valence-electron chi connectivity index (χ0n) is 15.1. The number of aliphatic hydroxyl groups is 1. The summed E-state index contributed by atoms with van der Waals surface area (Å²) in [5.74, 6) is 1.62. The Kier molecular flexibility index (Phi) is 5.60. The van der Waals surface area contributed by atoms with Gasteiger partial charge in [0, 0.05) is 25.7 Å². The molecule has 0 aromatic heterocycles. The molecule has 0 spiro atoms. The molecule has 2 saturated carbocycles. The van der Waals surface area contributed by atoms with Crippen LogP contribution in [0.5, 0.6) is 0 Å². The van der Waals surface area contributed by atoms with E-state index in [9.17, 15) is 9.90 Å². The molecule has 2 heterocycles. The lowest BCUT2D eigenvalue weighted by Gasteiger charge is -2.44. The maximum absolute atomic E-state index is 12.1. The maximum atomic E-state index is 12.1. The molecule has 0 aromatic rings. The average molecular weight is 352 g/mol. The van der Waals surface area contributed by atoms with Gasteiger partial charge < -0.3 is 19.9 Å². The van der Waals surface area contributed by atoms with Crippen LogP contribution in [0.1, 0.15) is 44.9 Å². The van der Waals surface area contributed by atoms with Crippen LogP contribution in [0.3, 0.4) is 0 Å². The molecule has 6 nitrogen and oxygen atoms in total. The van der Waals surface area contributed by atoms with Gasteiger partial charge in [0.1, 0.15) is 0 Å². The Labute approximate surface area is 150 Å². The van der Waals surface area contributed by atoms with Crippen molar-refractivity contribution >= 4 is 5.91 Å². The third kappa shape index (κ3) is 5.16. The van der Waals surface area contributed by atoms with Gasteiger partial charge in [-0.25, -0.2) is 0 Å². The van der Waals surface area contributed by atoms with E-state index >= 15 is 0 Å². The molecule has 4 aliphatic rings. The van der Waals surface area contributed by atoms with E-state index in [1.165, 1.54) is 25.7 Å². The molecule has 4 rings (SSSR count). The van der Waals surface area contributed by atoms with Gasteiger partial charge in [-0.3, -0.25) is 9.69 Å². The van der Waals surface area contributed by atoms with Gasteiger partial charge >= 0.3 is 0 Å². The molecule has 142 valence electrons. The van der Waals surface area contributed by atoms with Crippen LogP contribution in [-0.4, -0.2) is 73.1 Å². The van der Waals surface area contributed by atoms with Gasteiger partial charge in [0.05, 0.1) is 37.9 Å². The highest BCUT2D eigenvalue weighted by molar-refractivity contribution is 5.76. The van der Waals surface area contributed by atoms with E-state index < -0.39 is 6.10 Å². The summed E-state index contributed by atoms with van der Waals surface area (Å²) in [6, 6.07) is 0.307. The number of β-amino-alcohol motifs (C(OH)–C–C–N with tert-alkyl or cyclic N) is 1. The van der Waals surface area contributed by atoms with Crippen molar-refractivity contribution in [3.63, 3.8) is 0 Å². The van der Waals surface area contributed by atoms with Crippen molar-refractivity contribution < 1.29 is 19.4 Å². The van der Waals surface area contributed by atoms with Gasteiger partial charge in [-0.15, -0.1) is 0 Å². The minimum absolute atomic E-state index is 0.00354. The molecule has 2 saturated heterocycles. The summed E-state index contributed by atoms with van der Waals surface area (Å²) < 4.78 is 11.9. The smallest absolute Gasteiger partial charge is 0.222 e. The minimum atomic E-state index is -0.411. The van der Waals surface area contributed by atoms with E-state index in [0.29, 0.717) is 38.1 Å². The second-order valence-corrected chi connectivity index (χ2v) is 8.48. The fourth-order valence-corrected chi connectivity index (χ4v) is 4.15. The molecule has 25 heavy (non-hydrogen) atoms. The quantitative estimate of drug-likeness (QED) is 0.744. The summed E-state index contributed by atoms with van der Waals surface area (Å²) in [4.78, 5) is 14.6. The van der Waals surface area contributed by atoms with E-state index in [-0.39, 0.29) is 18.1 Å². The molecule has 2 aliphatic heterocycles. The Morgan fingerprint density at radius 2 is 1.88 bits per heavy atom. The van der Waals surface area contributed by atoms with Crippen molar-refractivity contribution in [2.45, 2.75) is 69.3 Å². The SMILES string of the molecule is O=C(C[C@@H]1CC[C@@H]2[C@H](COC[C@@H](O)CN2CC2CC2)O1)NCC1CC1. The monoisotopic (exact) mass is 352 g/mol. The fraction of sp³-hybridized carbons (Fsp3) is 0.947. The highest BCUT2D eigenvalue weighted by Gasteiger charge is 2.39. The lowest BCUT2D eigenvalue weighted by molar-refractivity contribution is -0.157. The van der Waals surface area contributed by atoms with Crippen molar-refractivity contribution in [2.75, 3.05) is 32.8 Å². The number of nitrogens with one attached hydrogen (secondary N) is 1. The van der Waals surface area contributed by atoms with Crippen LogP contribution in [0.15, 0.2) is 0 Å². The topological polar surface area (TPSA) is 71.0 Å². The molecule has 2 N–H and O–H groups in total. The molecule has 0 radical (unpaired) electrons. The Bertz CT molecular complexity index is 466. The van der Waals surface area contributed by atoms with E-state index in [1.54, 1.807) is 0 Å². The summed E-state index contributed by atoms with van der Waals surface area (Å²) in [5.41, 5.74) is 0. The van der Waals surface area contributed by atoms with Gasteiger partial charge in [-0.2, -0.15) is 0 Å². The number of hydrogen-bond acceptors (Lipinski definition) is 5. The summed E-state index contributed by atoms with van der Waals surface area (Å²) in [6.45, 7) is 3.46. The molecule has 0 bridgehead atoms. The predicted octanol–water partition coefficient (Wildman–Crippen LogP) is 0.922. The van der Waals surface area contributed by atoms with Crippen LogP contribution >= 0.6 is 0 Å². The lowest BCUT2D eigenvalue weighted by Crippen LogP contribution is -2.56. The molecule has 0 aromatic carbocycles. The highest BCUT2D eigenvalue weighted by Crippen LogP contribution is 2.34. The van der Waals surface area contributed by atoms with Crippen LogP contribution < -0.4 is 5.32 Å². The Morgan fingerprint density at radius 3 is 2.64 bits per heavy atom. The molecular weight excluding hydrogens is 320 g/mol. The molecule has 4 atom stereocenters. The van der Waals surface area contributed by atoms with Gasteiger partial charge in [0.25, 0.3) is 0 Å². The number of amides is 1. The Hall–Kier alpha value is -0.690. The van der Waals surface area contributed by atoms with Gasteiger partial charge in [0.2, 0.25) is 5.91 Å². The van der Waals surface area contributed by atoms with Crippen molar-refractivity contribution in [1.29, 1.82) is 0 Å². The molecule has 4 fully saturated rings. The van der Waals surface area contributed by atoms with Crippen LogP contribution in [0.25, 0.3) is 0 Å². The first-order valence-electron chi connectivity index (χ1n) is 10.1. The zero-order chi connectivity index (χ0) is 17.2. The number of carbonyl (C=O) groups excluding carboxylic acids is 1. The first-order chi connectivity index (χ1) is 12.2. The van der Waals surface area contributed by atoms with E-state index in [0.717, 1.165) is 31.8 Å². The van der Waals surface area contributed by atoms with Gasteiger partial charge in [0.15, 0.2) is 0 Å². The third-order valence-electron chi connectivity index (χ3n) is 5.97. The van der Waals surface area contributed by atoms with Crippen molar-refractivity contribution in [3.05, 3.63) is 0 Å². The molecule has 2 aliphatic carbocycles. The third-order valence-corrected chi connectivity index (χ3v) is 5.97. The Morgan fingerprint density at radius 1 is 1.08 bits per heavy atom. The van der Waals surface area contributed by atoms with Gasteiger partial charge in [-0.1, -0.05) is 0 Å². The minimum Gasteiger partial charge on any atom is -0.389 e. The van der Waals surface area contributed by atoms with Crippen LogP contribution in [0.2, 0.25) is 0 Å². The summed E-state index contributed by atoms with van der Waals surface area (Å²) in [5, 5.41) is 13.2. The summed E-state index contributed by atoms with van der Waals surface area (Å²) >= 11 is 0. The number of aliphatic hydroxyl groups excluding tert-OH is 1. The second-order valence-electron chi connectivity index (χ2n) is 8.48. The summed E-state index contributed by atoms with van der Waals surface area (Å²) in [6.07, 6.45) is 7.12. The lowest BCUT2D eigenvalue weighted by atomic mass is 9.94. The number of nitrogens with zero attached hydrogens (tertiary/aromatic N) is 1. The van der Waals surface area contributed by atoms with E-state index in [2.05, 4.69) is 10.2 Å². The van der Waals surface area contributed by atoms with Crippen LogP contribution in [-0.2, 0) is 14.3 Å². The molecule has 1 amide bonds. The van der Waals surface area contributed by atoms with E-state index in [4.69, 9.17) is 9.47 Å². The summed E-state index contributed by atoms with van der Waals surface area (Å²) in [7, 11) is 0. The standard InChI is InChI=1S/C19H32N2O4/c22-15-10-21(9-14-3-4-14)17-6-5-16(25-18(17)12-24-11-15)7-19(23)20-8-13-1-2-13/h13-18,22H,1-12H2,(H,20,23)/t15-,16-,17+,18-/m0/s1. The first kappa shape index (κ1) is 17.7. The number of ether oxygens (including phenoxy) is 2. The zero-order valence-corrected chi connectivity index (χ0v) is 15.1.